The van der Waals surface area contributed by atoms with E-state index >= 15 is 0 Å². The van der Waals surface area contributed by atoms with Gasteiger partial charge in [-0.05, 0) is 38.3 Å². The third kappa shape index (κ3) is 2.89. The molecule has 1 fully saturated rings. The molecule has 7 nitrogen and oxygen atoms in total. The highest BCUT2D eigenvalue weighted by molar-refractivity contribution is 5.78. The highest BCUT2D eigenvalue weighted by Gasteiger charge is 2.24. The molecule has 0 saturated carbocycles. The Kier molecular flexibility index (Phi) is 4.28. The molecule has 1 aromatic carbocycles. The van der Waals surface area contributed by atoms with Crippen LogP contribution in [0.3, 0.4) is 0 Å². The second kappa shape index (κ2) is 6.74. The van der Waals surface area contributed by atoms with E-state index in [-0.39, 0.29) is 24.1 Å². The van der Waals surface area contributed by atoms with Crippen LogP contribution in [0.15, 0.2) is 47.7 Å². The molecule has 1 atom stereocenters. The van der Waals surface area contributed by atoms with Crippen LogP contribution in [-0.4, -0.2) is 42.7 Å². The molecule has 1 amide bonds. The molecule has 4 rings (SSSR count). The second-order valence-electron chi connectivity index (χ2n) is 6.74. The number of aromatic nitrogens is 4. The number of rotatable bonds is 3. The molecule has 0 radical (unpaired) electrons. The Morgan fingerprint density at radius 1 is 1.23 bits per heavy atom. The maximum Gasteiger partial charge on any atom is 0.264 e. The molecular formula is C19H21N5O2. The van der Waals surface area contributed by atoms with E-state index in [2.05, 4.69) is 17.0 Å². The minimum atomic E-state index is -0.241. The van der Waals surface area contributed by atoms with Gasteiger partial charge in [-0.1, -0.05) is 18.2 Å². The summed E-state index contributed by atoms with van der Waals surface area (Å²) in [6, 6.07) is 9.76. The number of amides is 1. The summed E-state index contributed by atoms with van der Waals surface area (Å²) in [6.45, 7) is 2.84. The van der Waals surface area contributed by atoms with Gasteiger partial charge in [0, 0.05) is 12.6 Å². The summed E-state index contributed by atoms with van der Waals surface area (Å²) in [5.41, 5.74) is 1.09. The average molecular weight is 351 g/mol. The number of hydrogen-bond acceptors (Lipinski definition) is 4. The van der Waals surface area contributed by atoms with Crippen LogP contribution in [0.25, 0.3) is 16.7 Å². The molecule has 0 spiro atoms. The van der Waals surface area contributed by atoms with Crippen LogP contribution in [0.1, 0.15) is 26.2 Å². The second-order valence-corrected chi connectivity index (χ2v) is 6.74. The van der Waals surface area contributed by atoms with E-state index in [1.54, 1.807) is 4.68 Å². The van der Waals surface area contributed by atoms with E-state index in [1.165, 1.54) is 17.1 Å². The summed E-state index contributed by atoms with van der Waals surface area (Å²) in [6.07, 6.45) is 6.14. The van der Waals surface area contributed by atoms with Gasteiger partial charge >= 0.3 is 0 Å². The van der Waals surface area contributed by atoms with Gasteiger partial charge in [0.2, 0.25) is 5.91 Å². The number of likely N-dealkylation sites (tertiary alicyclic amines) is 1. The first kappa shape index (κ1) is 16.5. The molecule has 0 aliphatic carbocycles. The van der Waals surface area contributed by atoms with Crippen LogP contribution in [-0.2, 0) is 11.3 Å². The molecule has 7 heteroatoms. The van der Waals surface area contributed by atoms with Gasteiger partial charge in [0.15, 0.2) is 5.65 Å². The van der Waals surface area contributed by atoms with E-state index in [9.17, 15) is 9.59 Å². The largest absolute Gasteiger partial charge is 0.338 e. The summed E-state index contributed by atoms with van der Waals surface area (Å²) >= 11 is 0. The van der Waals surface area contributed by atoms with Gasteiger partial charge < -0.3 is 4.90 Å². The number of hydrogen-bond donors (Lipinski definition) is 0. The fraction of sp³-hybridized carbons (Fsp3) is 0.368. The van der Waals surface area contributed by atoms with E-state index in [1.807, 2.05) is 35.2 Å². The number of benzene rings is 1. The summed E-state index contributed by atoms with van der Waals surface area (Å²) < 4.78 is 3.01. The normalized spacial score (nSPS) is 17.6. The maximum absolute atomic E-state index is 12.8. The lowest BCUT2D eigenvalue weighted by atomic mass is 10.0. The Hall–Kier alpha value is -2.96. The standard InChI is InChI=1S/C19H21N5O2/c1-14-7-5-6-10-23(14)17(25)12-22-13-20-18-16(19(22)26)11-21-24(18)15-8-3-2-4-9-15/h2-4,8-9,11,13-14H,5-7,10,12H2,1H3. The molecule has 1 saturated heterocycles. The van der Waals surface area contributed by atoms with Crippen molar-refractivity contribution in [1.82, 2.24) is 24.2 Å². The van der Waals surface area contributed by atoms with Gasteiger partial charge in [0.1, 0.15) is 18.3 Å². The van der Waals surface area contributed by atoms with Gasteiger partial charge in [-0.3, -0.25) is 14.2 Å². The third-order valence-electron chi connectivity index (χ3n) is 4.98. The zero-order chi connectivity index (χ0) is 18.1. The predicted octanol–water partition coefficient (Wildman–Crippen LogP) is 1.98. The highest BCUT2D eigenvalue weighted by Crippen LogP contribution is 2.17. The highest BCUT2D eigenvalue weighted by atomic mass is 16.2. The Bertz CT molecular complexity index is 992. The topological polar surface area (TPSA) is 73.0 Å². The van der Waals surface area contributed by atoms with Crippen LogP contribution in [0.4, 0.5) is 0 Å². The van der Waals surface area contributed by atoms with Crippen molar-refractivity contribution in [2.24, 2.45) is 0 Å². The smallest absolute Gasteiger partial charge is 0.264 e. The Balaban J connectivity index is 1.64. The van der Waals surface area contributed by atoms with E-state index in [0.717, 1.165) is 31.5 Å². The quantitative estimate of drug-likeness (QED) is 0.723. The van der Waals surface area contributed by atoms with Crippen molar-refractivity contribution in [2.45, 2.75) is 38.8 Å². The van der Waals surface area contributed by atoms with Crippen LogP contribution in [0, 0.1) is 0 Å². The molecule has 134 valence electrons. The van der Waals surface area contributed by atoms with Crippen LogP contribution in [0.2, 0.25) is 0 Å². The first-order valence-corrected chi connectivity index (χ1v) is 8.93. The number of carbonyl (C=O) groups excluding carboxylic acids is 1. The number of para-hydroxylation sites is 1. The molecule has 2 aromatic heterocycles. The third-order valence-corrected chi connectivity index (χ3v) is 4.98. The lowest BCUT2D eigenvalue weighted by molar-refractivity contribution is -0.135. The maximum atomic E-state index is 12.8. The Morgan fingerprint density at radius 2 is 2.04 bits per heavy atom. The first-order valence-electron chi connectivity index (χ1n) is 8.93. The molecule has 3 heterocycles. The molecule has 26 heavy (non-hydrogen) atoms. The lowest BCUT2D eigenvalue weighted by Gasteiger charge is -2.33. The Labute approximate surface area is 150 Å². The molecule has 0 bridgehead atoms. The molecule has 1 unspecified atom stereocenters. The van der Waals surface area contributed by atoms with Crippen LogP contribution >= 0.6 is 0 Å². The number of piperidine rings is 1. The summed E-state index contributed by atoms with van der Waals surface area (Å²) in [4.78, 5) is 31.6. The molecule has 1 aliphatic heterocycles. The SMILES string of the molecule is CC1CCCCN1C(=O)Cn1cnc2c(cnn2-c2ccccc2)c1=O. The Morgan fingerprint density at radius 3 is 2.81 bits per heavy atom. The predicted molar refractivity (Wildman–Crippen MR) is 98.2 cm³/mol. The van der Waals surface area contributed by atoms with Crippen molar-refractivity contribution in [3.8, 4) is 5.69 Å². The van der Waals surface area contributed by atoms with E-state index < -0.39 is 0 Å². The fourth-order valence-electron chi connectivity index (χ4n) is 3.52. The lowest BCUT2D eigenvalue weighted by Crippen LogP contribution is -2.44. The van der Waals surface area contributed by atoms with E-state index in [0.29, 0.717) is 11.0 Å². The molecule has 0 N–H and O–H groups in total. The van der Waals surface area contributed by atoms with Crippen molar-refractivity contribution in [3.05, 3.63) is 53.2 Å². The van der Waals surface area contributed by atoms with Gasteiger partial charge in [0.25, 0.3) is 5.56 Å². The minimum Gasteiger partial charge on any atom is -0.338 e. The molecule has 3 aromatic rings. The molecular weight excluding hydrogens is 330 g/mol. The fourth-order valence-corrected chi connectivity index (χ4v) is 3.52. The van der Waals surface area contributed by atoms with Crippen LogP contribution < -0.4 is 5.56 Å². The van der Waals surface area contributed by atoms with Crippen molar-refractivity contribution in [3.63, 3.8) is 0 Å². The van der Waals surface area contributed by atoms with Crippen molar-refractivity contribution in [2.75, 3.05) is 6.54 Å². The van der Waals surface area contributed by atoms with Crippen LogP contribution in [0.5, 0.6) is 0 Å². The van der Waals surface area contributed by atoms with E-state index in [4.69, 9.17) is 0 Å². The van der Waals surface area contributed by atoms with Crippen molar-refractivity contribution < 1.29 is 4.79 Å². The van der Waals surface area contributed by atoms with Crippen molar-refractivity contribution in [1.29, 1.82) is 0 Å². The zero-order valence-electron chi connectivity index (χ0n) is 14.7. The summed E-state index contributed by atoms with van der Waals surface area (Å²) in [5.74, 6) is -0.0316. The van der Waals surface area contributed by atoms with Gasteiger partial charge in [0.05, 0.1) is 11.9 Å². The summed E-state index contributed by atoms with van der Waals surface area (Å²) in [5, 5.41) is 4.71. The molecule has 1 aliphatic rings. The summed E-state index contributed by atoms with van der Waals surface area (Å²) in [7, 11) is 0. The number of fused-ring (bicyclic) bond motifs is 1. The number of carbonyl (C=O) groups is 1. The van der Waals surface area contributed by atoms with Crippen molar-refractivity contribution >= 4 is 16.9 Å². The first-order chi connectivity index (χ1) is 12.6. The van der Waals surface area contributed by atoms with Gasteiger partial charge in [-0.25, -0.2) is 9.67 Å². The zero-order valence-corrected chi connectivity index (χ0v) is 14.7. The number of nitrogens with zero attached hydrogens (tertiary/aromatic N) is 5. The monoisotopic (exact) mass is 351 g/mol. The van der Waals surface area contributed by atoms with Gasteiger partial charge in [-0.2, -0.15) is 5.10 Å². The average Bonchev–Trinajstić information content (AvgIpc) is 3.10. The minimum absolute atomic E-state index is 0.0165. The van der Waals surface area contributed by atoms with Gasteiger partial charge in [-0.15, -0.1) is 0 Å².